The highest BCUT2D eigenvalue weighted by molar-refractivity contribution is 6.30. The molecule has 8 heteroatoms. The molecule has 1 rings (SSSR count). The van der Waals surface area contributed by atoms with Crippen LogP contribution in [0, 0.1) is 0 Å². The summed E-state index contributed by atoms with van der Waals surface area (Å²) < 4.78 is 28.8. The van der Waals surface area contributed by atoms with Crippen molar-refractivity contribution in [2.75, 3.05) is 0 Å². The quantitative estimate of drug-likeness (QED) is 0.788. The van der Waals surface area contributed by atoms with Crippen LogP contribution >= 0.6 is 11.6 Å². The van der Waals surface area contributed by atoms with Gasteiger partial charge < -0.3 is 14.9 Å². The smallest absolute Gasteiger partial charge is 0.387 e. The largest absolute Gasteiger partial charge is 0.479 e. The maximum absolute atomic E-state index is 12.3. The zero-order valence-corrected chi connectivity index (χ0v) is 11.0. The third-order valence-electron chi connectivity index (χ3n) is 2.43. The lowest BCUT2D eigenvalue weighted by Crippen LogP contribution is -2.14. The maximum Gasteiger partial charge on any atom is 0.387 e. The minimum Gasteiger partial charge on any atom is -0.479 e. The number of ether oxygens (including phenoxy) is 1. The van der Waals surface area contributed by atoms with Crippen molar-refractivity contribution in [3.05, 3.63) is 29.3 Å². The third kappa shape index (κ3) is 3.88. The molecule has 0 heterocycles. The molecule has 110 valence electrons. The van der Waals surface area contributed by atoms with Crippen LogP contribution in [0.2, 0.25) is 0 Å². The van der Waals surface area contributed by atoms with Crippen molar-refractivity contribution in [1.29, 1.82) is 0 Å². The number of hydrogen-bond donors (Lipinski definition) is 2. The van der Waals surface area contributed by atoms with E-state index in [-0.39, 0.29) is 11.1 Å². The van der Waals surface area contributed by atoms with Gasteiger partial charge in [0.1, 0.15) is 11.1 Å². The molecule has 0 aliphatic rings. The summed E-state index contributed by atoms with van der Waals surface area (Å²) in [4.78, 5) is 21.8. The number of aliphatic hydroxyl groups is 1. The van der Waals surface area contributed by atoms with E-state index in [0.29, 0.717) is 0 Å². The number of Topliss-reactive ketones (excluding diaryl/α,β-unsaturated/α-hetero) is 1. The minimum absolute atomic E-state index is 0.163. The van der Waals surface area contributed by atoms with E-state index in [1.165, 1.54) is 13.0 Å². The van der Waals surface area contributed by atoms with Gasteiger partial charge in [0.2, 0.25) is 0 Å². The van der Waals surface area contributed by atoms with E-state index in [1.807, 2.05) is 0 Å². The summed E-state index contributed by atoms with van der Waals surface area (Å²) >= 11 is 5.77. The molecule has 0 amide bonds. The topological polar surface area (TPSA) is 83.8 Å². The van der Waals surface area contributed by atoms with Gasteiger partial charge in [0.25, 0.3) is 0 Å². The summed E-state index contributed by atoms with van der Waals surface area (Å²) in [6, 6.07) is 3.34. The molecule has 0 fully saturated rings. The van der Waals surface area contributed by atoms with Crippen LogP contribution in [0.1, 0.15) is 29.5 Å². The molecule has 0 radical (unpaired) electrons. The fourth-order valence-electron chi connectivity index (χ4n) is 1.50. The van der Waals surface area contributed by atoms with Crippen LogP contribution in [-0.2, 0) is 9.59 Å². The molecule has 0 saturated carbocycles. The number of carbonyl (C=O) groups excluding carboxylic acids is 1. The molecule has 0 aromatic heterocycles. The number of carbonyl (C=O) groups is 2. The average Bonchev–Trinajstić information content (AvgIpc) is 2.36. The van der Waals surface area contributed by atoms with Gasteiger partial charge in [-0.05, 0) is 18.6 Å². The maximum atomic E-state index is 12.3. The molecule has 0 spiro atoms. The van der Waals surface area contributed by atoms with Crippen LogP contribution in [0.15, 0.2) is 18.2 Å². The van der Waals surface area contributed by atoms with Gasteiger partial charge in [0.05, 0.1) is 0 Å². The van der Waals surface area contributed by atoms with Crippen LogP contribution in [0.5, 0.6) is 5.75 Å². The van der Waals surface area contributed by atoms with Crippen molar-refractivity contribution < 1.29 is 33.3 Å². The van der Waals surface area contributed by atoms with Crippen LogP contribution in [0.3, 0.4) is 0 Å². The van der Waals surface area contributed by atoms with Crippen LogP contribution < -0.4 is 4.74 Å². The van der Waals surface area contributed by atoms with E-state index in [9.17, 15) is 23.5 Å². The van der Waals surface area contributed by atoms with Gasteiger partial charge in [0.15, 0.2) is 11.9 Å². The molecule has 2 atom stereocenters. The monoisotopic (exact) mass is 308 g/mol. The van der Waals surface area contributed by atoms with Gasteiger partial charge >= 0.3 is 12.6 Å². The van der Waals surface area contributed by atoms with Crippen LogP contribution in [0.25, 0.3) is 0 Å². The standard InChI is InChI=1S/C12H11ClF2O5/c1-5(16)9(13)6-2-3-7(10(17)11(18)19)8(4-6)20-12(14)15/h2-4,9-10,12,17H,1H3,(H,18,19). The first-order chi connectivity index (χ1) is 9.23. The Morgan fingerprint density at radius 1 is 1.35 bits per heavy atom. The lowest BCUT2D eigenvalue weighted by Gasteiger charge is -2.15. The molecular weight excluding hydrogens is 298 g/mol. The molecule has 0 aliphatic carbocycles. The van der Waals surface area contributed by atoms with Crippen molar-refractivity contribution in [1.82, 2.24) is 0 Å². The molecular formula is C12H11ClF2O5. The number of aliphatic hydroxyl groups excluding tert-OH is 1. The van der Waals surface area contributed by atoms with Crippen molar-refractivity contribution in [2.24, 2.45) is 0 Å². The number of alkyl halides is 3. The Labute approximate surface area is 117 Å². The number of hydrogen-bond acceptors (Lipinski definition) is 4. The second-order valence-electron chi connectivity index (χ2n) is 3.89. The van der Waals surface area contributed by atoms with E-state index >= 15 is 0 Å². The van der Waals surface area contributed by atoms with Crippen molar-refractivity contribution in [3.63, 3.8) is 0 Å². The Morgan fingerprint density at radius 2 is 1.95 bits per heavy atom. The molecule has 0 aliphatic heterocycles. The molecule has 1 aromatic rings. The van der Waals surface area contributed by atoms with Crippen molar-refractivity contribution in [2.45, 2.75) is 25.0 Å². The molecule has 2 N–H and O–H groups in total. The predicted octanol–water partition coefficient (Wildman–Crippen LogP) is 2.27. The second kappa shape index (κ2) is 6.62. The Hall–Kier alpha value is -1.73. The highest BCUT2D eigenvalue weighted by atomic mass is 35.5. The number of carboxylic acids is 1. The highest BCUT2D eigenvalue weighted by Gasteiger charge is 2.24. The lowest BCUT2D eigenvalue weighted by atomic mass is 10.0. The van der Waals surface area contributed by atoms with Crippen LogP contribution in [-0.4, -0.2) is 28.6 Å². The van der Waals surface area contributed by atoms with Gasteiger partial charge in [-0.3, -0.25) is 4.79 Å². The summed E-state index contributed by atoms with van der Waals surface area (Å²) in [5.41, 5.74) is -0.190. The fraction of sp³-hybridized carbons (Fsp3) is 0.333. The van der Waals surface area contributed by atoms with Gasteiger partial charge in [0, 0.05) is 5.56 Å². The Morgan fingerprint density at radius 3 is 2.40 bits per heavy atom. The Kier molecular flexibility index (Phi) is 5.41. The number of aliphatic carboxylic acids is 1. The summed E-state index contributed by atoms with van der Waals surface area (Å²) in [5.74, 6) is -2.58. The number of halogens is 3. The van der Waals surface area contributed by atoms with E-state index in [1.54, 1.807) is 0 Å². The molecule has 20 heavy (non-hydrogen) atoms. The molecule has 5 nitrogen and oxygen atoms in total. The number of carboxylic acid groups (broad SMARTS) is 1. The zero-order chi connectivity index (χ0) is 15.4. The first kappa shape index (κ1) is 16.3. The molecule has 0 bridgehead atoms. The molecule has 2 unspecified atom stereocenters. The number of ketones is 1. The van der Waals surface area contributed by atoms with E-state index in [0.717, 1.165) is 12.1 Å². The van der Waals surface area contributed by atoms with Crippen molar-refractivity contribution >= 4 is 23.4 Å². The third-order valence-corrected chi connectivity index (χ3v) is 2.99. The molecule has 0 saturated heterocycles. The zero-order valence-electron chi connectivity index (χ0n) is 10.2. The summed E-state index contributed by atoms with van der Waals surface area (Å²) in [6.45, 7) is -2.00. The van der Waals surface area contributed by atoms with E-state index < -0.39 is 35.6 Å². The number of rotatable bonds is 6. The average molecular weight is 309 g/mol. The highest BCUT2D eigenvalue weighted by Crippen LogP contribution is 2.32. The molecule has 1 aromatic carbocycles. The van der Waals surface area contributed by atoms with Crippen LogP contribution in [0.4, 0.5) is 8.78 Å². The van der Waals surface area contributed by atoms with Gasteiger partial charge in [-0.15, -0.1) is 11.6 Å². The minimum atomic E-state index is -3.21. The first-order valence-corrected chi connectivity index (χ1v) is 5.81. The predicted molar refractivity (Wildman–Crippen MR) is 64.9 cm³/mol. The van der Waals surface area contributed by atoms with E-state index in [2.05, 4.69) is 4.74 Å². The van der Waals surface area contributed by atoms with Gasteiger partial charge in [-0.1, -0.05) is 12.1 Å². The SMILES string of the molecule is CC(=O)C(Cl)c1ccc(C(O)C(=O)O)c(OC(F)F)c1. The summed E-state index contributed by atoms with van der Waals surface area (Å²) in [6.07, 6.45) is -2.02. The fourth-order valence-corrected chi connectivity index (χ4v) is 1.64. The normalized spacial score (nSPS) is 13.9. The first-order valence-electron chi connectivity index (χ1n) is 5.38. The van der Waals surface area contributed by atoms with Gasteiger partial charge in [-0.25, -0.2) is 4.79 Å². The van der Waals surface area contributed by atoms with Gasteiger partial charge in [-0.2, -0.15) is 8.78 Å². The Balaban J connectivity index is 3.26. The number of benzene rings is 1. The van der Waals surface area contributed by atoms with Crippen molar-refractivity contribution in [3.8, 4) is 5.75 Å². The lowest BCUT2D eigenvalue weighted by molar-refractivity contribution is -0.147. The van der Waals surface area contributed by atoms with E-state index in [4.69, 9.17) is 16.7 Å². The summed E-state index contributed by atoms with van der Waals surface area (Å²) in [5, 5.41) is 17.0. The Bertz CT molecular complexity index is 521. The summed E-state index contributed by atoms with van der Waals surface area (Å²) in [7, 11) is 0. The second-order valence-corrected chi connectivity index (χ2v) is 4.33.